The van der Waals surface area contributed by atoms with Gasteiger partial charge in [0.1, 0.15) is 5.75 Å². The number of hydrogen-bond donors (Lipinski definition) is 2. The van der Waals surface area contributed by atoms with Crippen LogP contribution in [0.25, 0.3) is 0 Å². The zero-order valence-electron chi connectivity index (χ0n) is 14.2. The van der Waals surface area contributed by atoms with Crippen LogP contribution in [0.2, 0.25) is 5.02 Å². The van der Waals surface area contributed by atoms with Crippen molar-refractivity contribution in [3.8, 4) is 5.75 Å². The van der Waals surface area contributed by atoms with E-state index >= 15 is 0 Å². The van der Waals surface area contributed by atoms with Crippen LogP contribution in [0.1, 0.15) is 26.3 Å². The summed E-state index contributed by atoms with van der Waals surface area (Å²) in [5, 5.41) is 6.45. The summed E-state index contributed by atoms with van der Waals surface area (Å²) in [5.74, 6) is 0.659. The van der Waals surface area contributed by atoms with Gasteiger partial charge < -0.3 is 15.4 Å². The van der Waals surface area contributed by atoms with Crippen molar-refractivity contribution >= 4 is 23.3 Å². The van der Waals surface area contributed by atoms with Gasteiger partial charge in [0.15, 0.2) is 0 Å². The van der Waals surface area contributed by atoms with Crippen molar-refractivity contribution in [2.24, 2.45) is 0 Å². The Morgan fingerprint density at radius 2 is 1.79 bits per heavy atom. The Hall–Kier alpha value is -2.20. The quantitative estimate of drug-likeness (QED) is 0.786. The monoisotopic (exact) mass is 346 g/mol. The third-order valence-corrected chi connectivity index (χ3v) is 4.00. The second kappa shape index (κ2) is 8.06. The molecule has 2 N–H and O–H groups in total. The van der Waals surface area contributed by atoms with Crippen LogP contribution < -0.4 is 15.4 Å². The molecule has 0 radical (unpaired) electrons. The second-order valence-corrected chi connectivity index (χ2v) is 6.56. The molecule has 0 aliphatic rings. The molecular formula is C19H23ClN2O2. The van der Waals surface area contributed by atoms with Gasteiger partial charge in [0.25, 0.3) is 0 Å². The second-order valence-electron chi connectivity index (χ2n) is 6.13. The van der Waals surface area contributed by atoms with Crippen LogP contribution >= 0.6 is 11.6 Å². The third kappa shape index (κ3) is 4.90. The number of halogens is 1. The first-order valence-corrected chi connectivity index (χ1v) is 8.33. The molecule has 0 spiro atoms. The number of amides is 2. The fourth-order valence-corrected chi connectivity index (χ4v) is 2.45. The van der Waals surface area contributed by atoms with Crippen LogP contribution in [0.5, 0.6) is 5.75 Å². The first-order valence-electron chi connectivity index (χ1n) is 7.95. The van der Waals surface area contributed by atoms with E-state index in [1.165, 1.54) is 0 Å². The minimum absolute atomic E-state index is 0.207. The number of nitrogens with one attached hydrogen (secondary N) is 2. The number of benzene rings is 2. The minimum atomic E-state index is -0.260. The highest BCUT2D eigenvalue weighted by atomic mass is 35.5. The van der Waals surface area contributed by atoms with E-state index < -0.39 is 0 Å². The van der Waals surface area contributed by atoms with Crippen molar-refractivity contribution in [2.75, 3.05) is 18.5 Å². The summed E-state index contributed by atoms with van der Waals surface area (Å²) in [5.41, 5.74) is 1.56. The van der Waals surface area contributed by atoms with Crippen molar-refractivity contribution in [2.45, 2.75) is 26.2 Å². The highest BCUT2D eigenvalue weighted by Gasteiger charge is 2.21. The lowest BCUT2D eigenvalue weighted by molar-refractivity contribution is 0.249. The molecule has 2 aromatic rings. The number of carbonyl (C=O) groups excluding carboxylic acids is 1. The van der Waals surface area contributed by atoms with Gasteiger partial charge in [-0.05, 0) is 36.8 Å². The summed E-state index contributed by atoms with van der Waals surface area (Å²) in [6.45, 7) is 7.10. The molecule has 0 fully saturated rings. The van der Waals surface area contributed by atoms with E-state index in [-0.39, 0.29) is 11.4 Å². The Labute approximate surface area is 148 Å². The molecule has 0 bridgehead atoms. The lowest BCUT2D eigenvalue weighted by Crippen LogP contribution is -2.39. The topological polar surface area (TPSA) is 50.4 Å². The summed E-state index contributed by atoms with van der Waals surface area (Å²) in [4.78, 5) is 12.2. The number of para-hydroxylation sites is 2. The molecule has 0 saturated carbocycles. The average Bonchev–Trinajstić information content (AvgIpc) is 2.56. The average molecular weight is 347 g/mol. The Balaban J connectivity index is 1.96. The van der Waals surface area contributed by atoms with Crippen LogP contribution in [-0.4, -0.2) is 19.2 Å². The standard InChI is InChI=1S/C19H23ClN2O2/c1-4-24-17-8-6-5-7-16(17)22-18(23)21-13-19(2,3)14-9-11-15(20)12-10-14/h5-12H,4,13H2,1-3H3,(H2,21,22,23). The highest BCUT2D eigenvalue weighted by Crippen LogP contribution is 2.25. The Morgan fingerprint density at radius 3 is 2.46 bits per heavy atom. The van der Waals surface area contributed by atoms with Gasteiger partial charge in [0.05, 0.1) is 12.3 Å². The van der Waals surface area contributed by atoms with Gasteiger partial charge in [-0.25, -0.2) is 4.79 Å². The van der Waals surface area contributed by atoms with Gasteiger partial charge in [-0.15, -0.1) is 0 Å². The third-order valence-electron chi connectivity index (χ3n) is 3.75. The summed E-state index contributed by atoms with van der Waals surface area (Å²) in [6.07, 6.45) is 0. The summed E-state index contributed by atoms with van der Waals surface area (Å²) >= 11 is 5.93. The predicted octanol–water partition coefficient (Wildman–Crippen LogP) is 4.84. The summed E-state index contributed by atoms with van der Waals surface area (Å²) in [7, 11) is 0. The molecule has 2 amide bonds. The maximum atomic E-state index is 12.2. The number of ether oxygens (including phenoxy) is 1. The Kier molecular flexibility index (Phi) is 6.10. The zero-order valence-corrected chi connectivity index (χ0v) is 15.0. The molecule has 0 unspecified atom stereocenters. The van der Waals surface area contributed by atoms with Crippen molar-refractivity contribution in [1.82, 2.24) is 5.32 Å². The van der Waals surface area contributed by atoms with E-state index in [0.717, 1.165) is 5.56 Å². The molecule has 128 valence electrons. The summed E-state index contributed by atoms with van der Waals surface area (Å²) < 4.78 is 5.51. The predicted molar refractivity (Wildman–Crippen MR) is 99.1 cm³/mol. The van der Waals surface area contributed by atoms with E-state index in [1.807, 2.05) is 55.5 Å². The van der Waals surface area contributed by atoms with Crippen LogP contribution in [-0.2, 0) is 5.41 Å². The van der Waals surface area contributed by atoms with Gasteiger partial charge in [-0.2, -0.15) is 0 Å². The van der Waals surface area contributed by atoms with Gasteiger partial charge >= 0.3 is 6.03 Å². The molecular weight excluding hydrogens is 324 g/mol. The highest BCUT2D eigenvalue weighted by molar-refractivity contribution is 6.30. The SMILES string of the molecule is CCOc1ccccc1NC(=O)NCC(C)(C)c1ccc(Cl)cc1. The molecule has 0 atom stereocenters. The molecule has 4 nitrogen and oxygen atoms in total. The molecule has 5 heteroatoms. The molecule has 0 aliphatic carbocycles. The molecule has 2 rings (SSSR count). The largest absolute Gasteiger partial charge is 0.492 e. The number of hydrogen-bond acceptors (Lipinski definition) is 2. The van der Waals surface area contributed by atoms with E-state index in [4.69, 9.17) is 16.3 Å². The van der Waals surface area contributed by atoms with Crippen molar-refractivity contribution in [3.63, 3.8) is 0 Å². The summed E-state index contributed by atoms with van der Waals surface area (Å²) in [6, 6.07) is 14.8. The normalized spacial score (nSPS) is 11.0. The molecule has 0 aromatic heterocycles. The molecule has 2 aromatic carbocycles. The Bertz CT molecular complexity index is 684. The molecule has 0 aliphatic heterocycles. The van der Waals surface area contributed by atoms with Crippen LogP contribution in [0.3, 0.4) is 0 Å². The lowest BCUT2D eigenvalue weighted by Gasteiger charge is -2.26. The number of urea groups is 1. The van der Waals surface area contributed by atoms with Crippen molar-refractivity contribution < 1.29 is 9.53 Å². The van der Waals surface area contributed by atoms with Crippen LogP contribution in [0, 0.1) is 0 Å². The zero-order chi connectivity index (χ0) is 17.6. The van der Waals surface area contributed by atoms with Crippen molar-refractivity contribution in [1.29, 1.82) is 0 Å². The van der Waals surface area contributed by atoms with Gasteiger partial charge in [0, 0.05) is 17.0 Å². The maximum absolute atomic E-state index is 12.2. The maximum Gasteiger partial charge on any atom is 0.319 e. The Morgan fingerprint density at radius 1 is 1.12 bits per heavy atom. The smallest absolute Gasteiger partial charge is 0.319 e. The van der Waals surface area contributed by atoms with E-state index in [1.54, 1.807) is 0 Å². The first-order chi connectivity index (χ1) is 11.4. The van der Waals surface area contributed by atoms with Crippen LogP contribution in [0.4, 0.5) is 10.5 Å². The lowest BCUT2D eigenvalue weighted by atomic mass is 9.85. The van der Waals surface area contributed by atoms with Crippen molar-refractivity contribution in [3.05, 3.63) is 59.1 Å². The number of carbonyl (C=O) groups is 1. The van der Waals surface area contributed by atoms with Crippen LogP contribution in [0.15, 0.2) is 48.5 Å². The van der Waals surface area contributed by atoms with E-state index in [0.29, 0.717) is 29.6 Å². The first kappa shape index (κ1) is 18.1. The fraction of sp³-hybridized carbons (Fsp3) is 0.316. The molecule has 0 saturated heterocycles. The molecule has 24 heavy (non-hydrogen) atoms. The minimum Gasteiger partial charge on any atom is -0.492 e. The van der Waals surface area contributed by atoms with Gasteiger partial charge in [0.2, 0.25) is 0 Å². The van der Waals surface area contributed by atoms with E-state index in [2.05, 4.69) is 24.5 Å². The fourth-order valence-electron chi connectivity index (χ4n) is 2.32. The van der Waals surface area contributed by atoms with Gasteiger partial charge in [-0.3, -0.25) is 0 Å². The molecule has 0 heterocycles. The van der Waals surface area contributed by atoms with Gasteiger partial charge in [-0.1, -0.05) is 49.7 Å². The number of anilines is 1. The number of rotatable bonds is 6. The van der Waals surface area contributed by atoms with E-state index in [9.17, 15) is 4.79 Å².